The second kappa shape index (κ2) is 5.45. The molecule has 0 bridgehead atoms. The van der Waals surface area contributed by atoms with Crippen LogP contribution in [-0.2, 0) is 0 Å². The monoisotopic (exact) mass is 170 g/mol. The fourth-order valence-corrected chi connectivity index (χ4v) is 2.49. The van der Waals surface area contributed by atoms with Crippen molar-refractivity contribution < 1.29 is 0 Å². The Kier molecular flexibility index (Phi) is 4.41. The predicted octanol–water partition coefficient (Wildman–Crippen LogP) is 1.24. The topological polar surface area (TPSA) is 35.8 Å². The molecule has 1 N–H and O–H groups in total. The second-order valence-corrected chi connectivity index (χ2v) is 4.07. The van der Waals surface area contributed by atoms with Crippen molar-refractivity contribution in [1.29, 1.82) is 5.26 Å². The smallest absolute Gasteiger partial charge is 0.0841 e. The molecule has 3 heteroatoms. The largest absolute Gasteiger partial charge is 0.304 e. The van der Waals surface area contributed by atoms with Crippen molar-refractivity contribution in [3.63, 3.8) is 0 Å². The Labute approximate surface area is 72.4 Å². The summed E-state index contributed by atoms with van der Waals surface area (Å²) < 4.78 is 0. The standard InChI is InChI=1S/C8H14N2S/c9-3-4-10-7-8-1-5-11-6-2-8/h8,10H,1-2,4-7H2. The number of nitrogens with one attached hydrogen (secondary N) is 1. The van der Waals surface area contributed by atoms with Gasteiger partial charge in [-0.25, -0.2) is 0 Å². The van der Waals surface area contributed by atoms with Gasteiger partial charge < -0.3 is 5.32 Å². The minimum Gasteiger partial charge on any atom is -0.304 e. The van der Waals surface area contributed by atoms with Crippen LogP contribution >= 0.6 is 11.8 Å². The average molecular weight is 170 g/mol. The van der Waals surface area contributed by atoms with Gasteiger partial charge in [0.1, 0.15) is 0 Å². The first-order chi connectivity index (χ1) is 5.43. The van der Waals surface area contributed by atoms with Crippen LogP contribution in [0.15, 0.2) is 0 Å². The minimum atomic E-state index is 0.504. The first-order valence-electron chi connectivity index (χ1n) is 4.09. The van der Waals surface area contributed by atoms with Gasteiger partial charge in [-0.3, -0.25) is 0 Å². The van der Waals surface area contributed by atoms with Crippen LogP contribution in [0.25, 0.3) is 0 Å². The predicted molar refractivity (Wildman–Crippen MR) is 48.5 cm³/mol. The van der Waals surface area contributed by atoms with Crippen LogP contribution in [0.5, 0.6) is 0 Å². The molecule has 1 rings (SSSR count). The van der Waals surface area contributed by atoms with Crippen molar-refractivity contribution in [3.05, 3.63) is 0 Å². The lowest BCUT2D eigenvalue weighted by Gasteiger charge is -2.20. The summed E-state index contributed by atoms with van der Waals surface area (Å²) in [6.45, 7) is 1.54. The summed E-state index contributed by atoms with van der Waals surface area (Å²) in [6, 6.07) is 2.09. The molecule has 0 aromatic rings. The van der Waals surface area contributed by atoms with E-state index in [-0.39, 0.29) is 0 Å². The molecule has 1 saturated heterocycles. The highest BCUT2D eigenvalue weighted by Gasteiger charge is 2.12. The molecule has 0 spiro atoms. The van der Waals surface area contributed by atoms with Crippen LogP contribution in [0.4, 0.5) is 0 Å². The number of hydrogen-bond acceptors (Lipinski definition) is 3. The van der Waals surface area contributed by atoms with Crippen molar-refractivity contribution >= 4 is 11.8 Å². The molecule has 0 amide bonds. The van der Waals surface area contributed by atoms with Crippen LogP contribution in [0.3, 0.4) is 0 Å². The molecule has 0 saturated carbocycles. The van der Waals surface area contributed by atoms with Crippen LogP contribution < -0.4 is 5.32 Å². The van der Waals surface area contributed by atoms with E-state index < -0.39 is 0 Å². The van der Waals surface area contributed by atoms with Gasteiger partial charge in [-0.1, -0.05) is 0 Å². The third-order valence-electron chi connectivity index (χ3n) is 1.98. The number of nitriles is 1. The molecule has 2 nitrogen and oxygen atoms in total. The van der Waals surface area contributed by atoms with Crippen molar-refractivity contribution in [2.75, 3.05) is 24.6 Å². The fraction of sp³-hybridized carbons (Fsp3) is 0.875. The van der Waals surface area contributed by atoms with Crippen molar-refractivity contribution in [2.45, 2.75) is 12.8 Å². The second-order valence-electron chi connectivity index (χ2n) is 2.84. The highest BCUT2D eigenvalue weighted by molar-refractivity contribution is 7.99. The third kappa shape index (κ3) is 3.64. The number of thioether (sulfide) groups is 1. The SMILES string of the molecule is N#CCNCC1CCSCC1. The number of rotatable bonds is 3. The maximum Gasteiger partial charge on any atom is 0.0841 e. The van der Waals surface area contributed by atoms with Crippen molar-refractivity contribution in [3.8, 4) is 6.07 Å². The third-order valence-corrected chi connectivity index (χ3v) is 3.03. The van der Waals surface area contributed by atoms with E-state index in [0.717, 1.165) is 12.5 Å². The Balaban J connectivity index is 2.01. The summed E-state index contributed by atoms with van der Waals surface area (Å²) in [5, 5.41) is 11.4. The lowest BCUT2D eigenvalue weighted by Crippen LogP contribution is -2.25. The maximum atomic E-state index is 8.28. The van der Waals surface area contributed by atoms with Crippen LogP contribution in [0.2, 0.25) is 0 Å². The van der Waals surface area contributed by atoms with Gasteiger partial charge in [0.05, 0.1) is 12.6 Å². The molecule has 11 heavy (non-hydrogen) atoms. The fourth-order valence-electron chi connectivity index (χ4n) is 1.28. The van der Waals surface area contributed by atoms with E-state index in [9.17, 15) is 0 Å². The average Bonchev–Trinajstić information content (AvgIpc) is 2.07. The zero-order chi connectivity index (χ0) is 7.94. The summed E-state index contributed by atoms with van der Waals surface area (Å²) in [5.41, 5.74) is 0. The van der Waals surface area contributed by atoms with Crippen molar-refractivity contribution in [1.82, 2.24) is 5.32 Å². The van der Waals surface area contributed by atoms with Gasteiger partial charge in [0.25, 0.3) is 0 Å². The molecule has 0 atom stereocenters. The molecule has 62 valence electrons. The van der Waals surface area contributed by atoms with Gasteiger partial charge in [0.15, 0.2) is 0 Å². The van der Waals surface area contributed by atoms with E-state index >= 15 is 0 Å². The molecule has 0 unspecified atom stereocenters. The van der Waals surface area contributed by atoms with Gasteiger partial charge in [0, 0.05) is 0 Å². The van der Waals surface area contributed by atoms with E-state index in [1.54, 1.807) is 0 Å². The zero-order valence-corrected chi connectivity index (χ0v) is 7.49. The van der Waals surface area contributed by atoms with E-state index in [0.29, 0.717) is 6.54 Å². The normalized spacial score (nSPS) is 19.5. The highest BCUT2D eigenvalue weighted by Crippen LogP contribution is 2.21. The van der Waals surface area contributed by atoms with Crippen LogP contribution in [0, 0.1) is 17.2 Å². The quantitative estimate of drug-likeness (QED) is 0.511. The molecular weight excluding hydrogens is 156 g/mol. The van der Waals surface area contributed by atoms with E-state index in [1.165, 1.54) is 24.3 Å². The molecule has 1 heterocycles. The summed E-state index contributed by atoms with van der Waals surface area (Å²) in [4.78, 5) is 0. The Morgan fingerprint density at radius 2 is 2.18 bits per heavy atom. The summed E-state index contributed by atoms with van der Waals surface area (Å²) in [6.07, 6.45) is 2.65. The molecule has 1 aliphatic rings. The molecular formula is C8H14N2S. The first-order valence-corrected chi connectivity index (χ1v) is 5.24. The van der Waals surface area contributed by atoms with E-state index in [4.69, 9.17) is 5.26 Å². The van der Waals surface area contributed by atoms with Crippen LogP contribution in [0.1, 0.15) is 12.8 Å². The molecule has 0 radical (unpaired) electrons. The number of nitrogens with zero attached hydrogens (tertiary/aromatic N) is 1. The molecule has 0 aromatic carbocycles. The Morgan fingerprint density at radius 1 is 1.45 bits per heavy atom. The van der Waals surface area contributed by atoms with Gasteiger partial charge in [-0.15, -0.1) is 0 Å². The number of hydrogen-bond donors (Lipinski definition) is 1. The van der Waals surface area contributed by atoms with Gasteiger partial charge in [-0.2, -0.15) is 17.0 Å². The van der Waals surface area contributed by atoms with Gasteiger partial charge in [-0.05, 0) is 36.8 Å². The molecule has 0 aromatic heterocycles. The zero-order valence-electron chi connectivity index (χ0n) is 6.68. The summed E-state index contributed by atoms with van der Waals surface area (Å²) in [7, 11) is 0. The Morgan fingerprint density at radius 3 is 2.82 bits per heavy atom. The Hall–Kier alpha value is -0.200. The lowest BCUT2D eigenvalue weighted by atomic mass is 10.0. The summed E-state index contributed by atoms with van der Waals surface area (Å²) in [5.74, 6) is 3.43. The van der Waals surface area contributed by atoms with Gasteiger partial charge >= 0.3 is 0 Å². The molecule has 1 fully saturated rings. The highest BCUT2D eigenvalue weighted by atomic mass is 32.2. The van der Waals surface area contributed by atoms with Crippen LogP contribution in [-0.4, -0.2) is 24.6 Å². The Bertz CT molecular complexity index is 136. The minimum absolute atomic E-state index is 0.504. The molecule has 1 aliphatic heterocycles. The van der Waals surface area contributed by atoms with E-state index in [2.05, 4.69) is 11.4 Å². The first kappa shape index (κ1) is 8.89. The maximum absolute atomic E-state index is 8.28. The van der Waals surface area contributed by atoms with E-state index in [1.807, 2.05) is 11.8 Å². The lowest BCUT2D eigenvalue weighted by molar-refractivity contribution is 0.460. The summed E-state index contributed by atoms with van der Waals surface area (Å²) >= 11 is 2.05. The molecule has 0 aliphatic carbocycles. The van der Waals surface area contributed by atoms with Crippen molar-refractivity contribution in [2.24, 2.45) is 5.92 Å². The van der Waals surface area contributed by atoms with Gasteiger partial charge in [0.2, 0.25) is 0 Å².